The average molecular weight is 399 g/mol. The number of hydrogen-bond acceptors (Lipinski definition) is 6. The molecule has 0 aliphatic carbocycles. The second-order valence-corrected chi connectivity index (χ2v) is 6.09. The van der Waals surface area contributed by atoms with Crippen molar-refractivity contribution >= 4 is 34.9 Å². The summed E-state index contributed by atoms with van der Waals surface area (Å²) in [6.45, 7) is 3.86. The van der Waals surface area contributed by atoms with Crippen LogP contribution in [0.2, 0.25) is 5.02 Å². The van der Waals surface area contributed by atoms with Crippen LogP contribution in [-0.2, 0) is 20.9 Å². The van der Waals surface area contributed by atoms with E-state index in [0.29, 0.717) is 0 Å². The van der Waals surface area contributed by atoms with E-state index in [1.807, 2.05) is 0 Å². The second-order valence-electron chi connectivity index (χ2n) is 5.68. The maximum Gasteiger partial charge on any atom is 0.328 e. The van der Waals surface area contributed by atoms with Gasteiger partial charge in [0.2, 0.25) is 0 Å². The lowest BCUT2D eigenvalue weighted by Crippen LogP contribution is -2.31. The van der Waals surface area contributed by atoms with Gasteiger partial charge in [-0.15, -0.1) is 0 Å². The summed E-state index contributed by atoms with van der Waals surface area (Å²) < 4.78 is 19.2. The molecule has 9 nitrogen and oxygen atoms in total. The highest BCUT2D eigenvalue weighted by Crippen LogP contribution is 2.23. The van der Waals surface area contributed by atoms with Gasteiger partial charge in [-0.2, -0.15) is 5.10 Å². The van der Waals surface area contributed by atoms with E-state index >= 15 is 0 Å². The molecule has 1 amide bonds. The molecule has 2 aromatic rings. The van der Waals surface area contributed by atoms with Crippen LogP contribution in [0.3, 0.4) is 0 Å². The molecule has 0 saturated heterocycles. The van der Waals surface area contributed by atoms with Gasteiger partial charge in [0.15, 0.2) is 6.10 Å². The zero-order valence-corrected chi connectivity index (χ0v) is 15.4. The molecule has 0 saturated carbocycles. The monoisotopic (exact) mass is 398 g/mol. The highest BCUT2D eigenvalue weighted by atomic mass is 35.5. The van der Waals surface area contributed by atoms with Crippen molar-refractivity contribution in [1.29, 1.82) is 0 Å². The van der Waals surface area contributed by atoms with E-state index < -0.39 is 35.3 Å². The Hall–Kier alpha value is -3.01. The molecule has 1 N–H and O–H groups in total. The lowest BCUT2D eigenvalue weighted by molar-refractivity contribution is -0.386. The predicted octanol–water partition coefficient (Wildman–Crippen LogP) is 2.77. The van der Waals surface area contributed by atoms with Crippen LogP contribution < -0.4 is 5.32 Å². The molecule has 144 valence electrons. The summed E-state index contributed by atoms with van der Waals surface area (Å²) in [6, 6.07) is 3.43. The summed E-state index contributed by atoms with van der Waals surface area (Å²) in [4.78, 5) is 34.5. The van der Waals surface area contributed by atoms with Gasteiger partial charge in [0.05, 0.1) is 15.6 Å². The van der Waals surface area contributed by atoms with Crippen molar-refractivity contribution in [2.24, 2.45) is 0 Å². The maximum atomic E-state index is 13.0. The fourth-order valence-electron chi connectivity index (χ4n) is 2.34. The molecule has 1 heterocycles. The highest BCUT2D eigenvalue weighted by molar-refractivity contribution is 6.33. The lowest BCUT2D eigenvalue weighted by atomic mass is 10.3. The zero-order chi connectivity index (χ0) is 20.3. The van der Waals surface area contributed by atoms with E-state index in [-0.39, 0.29) is 27.8 Å². The van der Waals surface area contributed by atoms with Crippen LogP contribution in [-0.4, -0.2) is 32.7 Å². The molecular formula is C16H16ClFN4O5. The van der Waals surface area contributed by atoms with Crippen molar-refractivity contribution in [3.63, 3.8) is 0 Å². The van der Waals surface area contributed by atoms with Gasteiger partial charge >= 0.3 is 11.7 Å². The minimum atomic E-state index is -1.18. The number of nitrogens with zero attached hydrogens (tertiary/aromatic N) is 3. The van der Waals surface area contributed by atoms with Crippen LogP contribution in [0.5, 0.6) is 0 Å². The number of halogens is 2. The van der Waals surface area contributed by atoms with Crippen molar-refractivity contribution in [3.05, 3.63) is 50.5 Å². The molecule has 1 aromatic carbocycles. The molecule has 0 aliphatic rings. The van der Waals surface area contributed by atoms with E-state index in [9.17, 15) is 24.1 Å². The molecule has 0 unspecified atom stereocenters. The van der Waals surface area contributed by atoms with E-state index in [1.54, 1.807) is 0 Å². The first-order valence-electron chi connectivity index (χ1n) is 7.74. The Morgan fingerprint density at radius 1 is 1.44 bits per heavy atom. The maximum absolute atomic E-state index is 13.0. The van der Waals surface area contributed by atoms with Crippen LogP contribution in [0.25, 0.3) is 0 Å². The highest BCUT2D eigenvalue weighted by Gasteiger charge is 2.24. The number of amides is 1. The first-order chi connectivity index (χ1) is 12.6. The minimum Gasteiger partial charge on any atom is -0.451 e. The molecule has 11 heteroatoms. The largest absolute Gasteiger partial charge is 0.451 e. The molecule has 1 atom stereocenters. The SMILES string of the molecule is Cc1nn(CC(=O)O[C@H](C)C(=O)Nc2ccc(F)cc2Cl)c(C)c1[N+](=O)[O-]. The fraction of sp³-hybridized carbons (Fsp3) is 0.312. The Bertz CT molecular complexity index is 914. The number of hydrogen-bond donors (Lipinski definition) is 1. The predicted molar refractivity (Wildman–Crippen MR) is 93.9 cm³/mol. The number of aromatic nitrogens is 2. The average Bonchev–Trinajstić information content (AvgIpc) is 2.83. The fourth-order valence-corrected chi connectivity index (χ4v) is 2.56. The summed E-state index contributed by atoms with van der Waals surface area (Å²) in [5.41, 5.74) is 0.353. The molecule has 0 fully saturated rings. The summed E-state index contributed by atoms with van der Waals surface area (Å²) in [5, 5.41) is 17.3. The van der Waals surface area contributed by atoms with Gasteiger partial charge in [0.25, 0.3) is 5.91 Å². The summed E-state index contributed by atoms with van der Waals surface area (Å²) in [7, 11) is 0. The standard InChI is InChI=1S/C16H16ClFN4O5/c1-8-15(22(25)26)9(2)21(20-8)7-14(23)27-10(3)16(24)19-13-5-4-11(18)6-12(13)17/h4-6,10H,7H2,1-3H3,(H,19,24)/t10-/m1/s1. The molecule has 0 spiro atoms. The van der Waals surface area contributed by atoms with E-state index in [1.165, 1.54) is 26.8 Å². The third-order valence-electron chi connectivity index (χ3n) is 3.67. The van der Waals surface area contributed by atoms with Gasteiger partial charge in [0, 0.05) is 0 Å². The van der Waals surface area contributed by atoms with Crippen molar-refractivity contribution in [3.8, 4) is 0 Å². The van der Waals surface area contributed by atoms with E-state index in [4.69, 9.17) is 16.3 Å². The lowest BCUT2D eigenvalue weighted by Gasteiger charge is -2.14. The number of aryl methyl sites for hydroxylation is 1. The minimum absolute atomic E-state index is 0.00294. The summed E-state index contributed by atoms with van der Waals surface area (Å²) in [6.07, 6.45) is -1.18. The van der Waals surface area contributed by atoms with Crippen molar-refractivity contribution in [2.45, 2.75) is 33.4 Å². The second kappa shape index (κ2) is 8.12. The smallest absolute Gasteiger partial charge is 0.328 e. The van der Waals surface area contributed by atoms with Gasteiger partial charge in [-0.25, -0.2) is 4.39 Å². The van der Waals surface area contributed by atoms with Gasteiger partial charge in [-0.05, 0) is 39.0 Å². The first kappa shape index (κ1) is 20.3. The molecule has 1 aromatic heterocycles. The Morgan fingerprint density at radius 3 is 2.67 bits per heavy atom. The number of carbonyl (C=O) groups is 2. The number of rotatable bonds is 6. The van der Waals surface area contributed by atoms with E-state index in [0.717, 1.165) is 16.8 Å². The number of nitrogens with one attached hydrogen (secondary N) is 1. The van der Waals surface area contributed by atoms with Gasteiger partial charge in [-0.3, -0.25) is 24.4 Å². The van der Waals surface area contributed by atoms with Crippen LogP contribution in [0.4, 0.5) is 15.8 Å². The first-order valence-corrected chi connectivity index (χ1v) is 8.11. The zero-order valence-electron chi connectivity index (χ0n) is 14.7. The number of nitro groups is 1. The van der Waals surface area contributed by atoms with Gasteiger partial charge in [0.1, 0.15) is 23.7 Å². The Kier molecular flexibility index (Phi) is 6.11. The quantitative estimate of drug-likeness (QED) is 0.454. The van der Waals surface area contributed by atoms with Crippen LogP contribution >= 0.6 is 11.6 Å². The summed E-state index contributed by atoms with van der Waals surface area (Å²) in [5.74, 6) is -2.03. The third kappa shape index (κ3) is 4.79. The molecule has 2 rings (SSSR count). The molecule has 0 radical (unpaired) electrons. The number of anilines is 1. The molecular weight excluding hydrogens is 383 g/mol. The number of ether oxygens (including phenoxy) is 1. The topological polar surface area (TPSA) is 116 Å². The van der Waals surface area contributed by atoms with Crippen LogP contribution in [0.15, 0.2) is 18.2 Å². The number of carbonyl (C=O) groups excluding carboxylic acids is 2. The molecule has 27 heavy (non-hydrogen) atoms. The van der Waals surface area contributed by atoms with Crippen molar-refractivity contribution < 1.29 is 23.6 Å². The Morgan fingerprint density at radius 2 is 2.11 bits per heavy atom. The van der Waals surface area contributed by atoms with Crippen LogP contribution in [0.1, 0.15) is 18.3 Å². The molecule has 0 bridgehead atoms. The van der Waals surface area contributed by atoms with Gasteiger partial charge in [-0.1, -0.05) is 11.6 Å². The van der Waals surface area contributed by atoms with Crippen molar-refractivity contribution in [1.82, 2.24) is 9.78 Å². The third-order valence-corrected chi connectivity index (χ3v) is 3.98. The Balaban J connectivity index is 2.00. The normalized spacial score (nSPS) is 11.7. The van der Waals surface area contributed by atoms with E-state index in [2.05, 4.69) is 10.4 Å². The number of esters is 1. The Labute approximate surface area is 158 Å². The summed E-state index contributed by atoms with van der Waals surface area (Å²) >= 11 is 5.82. The molecule has 0 aliphatic heterocycles. The van der Waals surface area contributed by atoms with Crippen LogP contribution in [0, 0.1) is 29.8 Å². The van der Waals surface area contributed by atoms with Gasteiger partial charge < -0.3 is 10.1 Å². The van der Waals surface area contributed by atoms with Crippen molar-refractivity contribution in [2.75, 3.05) is 5.32 Å². The number of benzene rings is 1.